The topological polar surface area (TPSA) is 84.2 Å². The Hall–Kier alpha value is -1.85. The fourth-order valence-electron chi connectivity index (χ4n) is 2.33. The Labute approximate surface area is 119 Å². The van der Waals surface area contributed by atoms with Crippen molar-refractivity contribution in [1.29, 1.82) is 0 Å². The number of rotatable bonds is 6. The zero-order valence-electron chi connectivity index (χ0n) is 12.8. The van der Waals surface area contributed by atoms with Gasteiger partial charge in [0, 0.05) is 18.3 Å². The van der Waals surface area contributed by atoms with E-state index in [2.05, 4.69) is 10.4 Å². The smallest absolute Gasteiger partial charge is 0.329 e. The van der Waals surface area contributed by atoms with Gasteiger partial charge in [-0.1, -0.05) is 13.8 Å². The summed E-state index contributed by atoms with van der Waals surface area (Å²) in [5, 5.41) is 16.2. The molecule has 0 bridgehead atoms. The van der Waals surface area contributed by atoms with Crippen LogP contribution in [0.1, 0.15) is 43.6 Å². The highest BCUT2D eigenvalue weighted by molar-refractivity contribution is 5.88. The number of carbonyl (C=O) groups excluding carboxylic acids is 1. The predicted molar refractivity (Wildman–Crippen MR) is 75.5 cm³/mol. The quantitative estimate of drug-likeness (QED) is 0.824. The van der Waals surface area contributed by atoms with Gasteiger partial charge in [-0.25, -0.2) is 4.79 Å². The van der Waals surface area contributed by atoms with Crippen molar-refractivity contribution in [3.63, 3.8) is 0 Å². The lowest BCUT2D eigenvalue weighted by Gasteiger charge is -2.28. The third-order valence-electron chi connectivity index (χ3n) is 3.99. The molecular formula is C14H23N3O3. The summed E-state index contributed by atoms with van der Waals surface area (Å²) >= 11 is 0. The van der Waals surface area contributed by atoms with Crippen molar-refractivity contribution in [2.75, 3.05) is 0 Å². The van der Waals surface area contributed by atoms with Crippen LogP contribution in [-0.4, -0.2) is 32.3 Å². The molecule has 0 aliphatic carbocycles. The van der Waals surface area contributed by atoms with Crippen LogP contribution in [0.5, 0.6) is 0 Å². The summed E-state index contributed by atoms with van der Waals surface area (Å²) in [6.45, 7) is 7.27. The van der Waals surface area contributed by atoms with Crippen LogP contribution >= 0.6 is 0 Å². The minimum atomic E-state index is -1.18. The van der Waals surface area contributed by atoms with Crippen molar-refractivity contribution in [1.82, 2.24) is 15.1 Å². The number of nitrogens with one attached hydrogen (secondary N) is 1. The first-order valence-corrected chi connectivity index (χ1v) is 6.80. The lowest BCUT2D eigenvalue weighted by atomic mass is 9.92. The summed E-state index contributed by atoms with van der Waals surface area (Å²) in [5.74, 6) is -1.27. The van der Waals surface area contributed by atoms with Crippen molar-refractivity contribution >= 4 is 11.9 Å². The van der Waals surface area contributed by atoms with Gasteiger partial charge in [-0.15, -0.1) is 0 Å². The van der Waals surface area contributed by atoms with Crippen LogP contribution in [0.2, 0.25) is 0 Å². The SMILES string of the molecule is CCC(CC)(NC(=O)Cc1c(C)nn(C)c1C)C(=O)O. The van der Waals surface area contributed by atoms with Gasteiger partial charge in [-0.05, 0) is 26.7 Å². The molecule has 0 spiro atoms. The Balaban J connectivity index is 2.89. The predicted octanol–water partition coefficient (Wildman–Crippen LogP) is 1.34. The van der Waals surface area contributed by atoms with E-state index in [9.17, 15) is 14.7 Å². The van der Waals surface area contributed by atoms with E-state index in [0.29, 0.717) is 12.8 Å². The van der Waals surface area contributed by atoms with E-state index in [4.69, 9.17) is 0 Å². The number of carbonyl (C=O) groups is 2. The molecule has 0 fully saturated rings. The molecule has 20 heavy (non-hydrogen) atoms. The number of aryl methyl sites for hydroxylation is 2. The second-order valence-electron chi connectivity index (χ2n) is 5.09. The van der Waals surface area contributed by atoms with E-state index < -0.39 is 11.5 Å². The average molecular weight is 281 g/mol. The van der Waals surface area contributed by atoms with E-state index in [1.807, 2.05) is 20.9 Å². The number of amides is 1. The number of aromatic nitrogens is 2. The highest BCUT2D eigenvalue weighted by Gasteiger charge is 2.36. The van der Waals surface area contributed by atoms with Gasteiger partial charge < -0.3 is 10.4 Å². The molecule has 1 rings (SSSR count). The second-order valence-corrected chi connectivity index (χ2v) is 5.09. The molecule has 6 nitrogen and oxygen atoms in total. The highest BCUT2D eigenvalue weighted by Crippen LogP contribution is 2.17. The first-order valence-electron chi connectivity index (χ1n) is 6.80. The van der Waals surface area contributed by atoms with Crippen molar-refractivity contribution in [2.45, 2.75) is 52.5 Å². The second kappa shape index (κ2) is 6.07. The molecule has 2 N–H and O–H groups in total. The maximum atomic E-state index is 12.2. The maximum Gasteiger partial charge on any atom is 0.329 e. The number of aliphatic carboxylic acids is 1. The lowest BCUT2D eigenvalue weighted by molar-refractivity contribution is -0.148. The van der Waals surface area contributed by atoms with E-state index in [-0.39, 0.29) is 12.3 Å². The molecule has 112 valence electrons. The molecule has 0 unspecified atom stereocenters. The number of carboxylic acid groups (broad SMARTS) is 1. The van der Waals surface area contributed by atoms with Crippen LogP contribution in [0.15, 0.2) is 0 Å². The molecule has 0 aliphatic rings. The fourth-order valence-corrected chi connectivity index (χ4v) is 2.33. The van der Waals surface area contributed by atoms with Crippen molar-refractivity contribution in [3.05, 3.63) is 17.0 Å². The molecule has 1 heterocycles. The molecular weight excluding hydrogens is 258 g/mol. The van der Waals surface area contributed by atoms with Crippen LogP contribution in [0.3, 0.4) is 0 Å². The van der Waals surface area contributed by atoms with E-state index in [1.54, 1.807) is 18.5 Å². The van der Waals surface area contributed by atoms with Crippen LogP contribution in [0.25, 0.3) is 0 Å². The maximum absolute atomic E-state index is 12.2. The Kier molecular flexibility index (Phi) is 4.92. The van der Waals surface area contributed by atoms with Gasteiger partial charge in [-0.3, -0.25) is 9.48 Å². The van der Waals surface area contributed by atoms with Crippen molar-refractivity contribution in [2.24, 2.45) is 7.05 Å². The largest absolute Gasteiger partial charge is 0.480 e. The van der Waals surface area contributed by atoms with Gasteiger partial charge in [0.2, 0.25) is 5.91 Å². The van der Waals surface area contributed by atoms with E-state index >= 15 is 0 Å². The van der Waals surface area contributed by atoms with Crippen LogP contribution in [0, 0.1) is 13.8 Å². The zero-order valence-corrected chi connectivity index (χ0v) is 12.8. The van der Waals surface area contributed by atoms with Gasteiger partial charge in [0.05, 0.1) is 12.1 Å². The first-order chi connectivity index (χ1) is 9.27. The number of hydrogen-bond acceptors (Lipinski definition) is 3. The highest BCUT2D eigenvalue weighted by atomic mass is 16.4. The number of carboxylic acids is 1. The molecule has 1 aromatic rings. The summed E-state index contributed by atoms with van der Waals surface area (Å²) in [4.78, 5) is 23.5. The molecule has 0 saturated carbocycles. The summed E-state index contributed by atoms with van der Waals surface area (Å²) in [5.41, 5.74) is 1.40. The molecule has 1 aromatic heterocycles. The lowest BCUT2D eigenvalue weighted by Crippen LogP contribution is -2.54. The molecule has 0 aromatic carbocycles. The summed E-state index contributed by atoms with van der Waals surface area (Å²) in [7, 11) is 1.82. The van der Waals surface area contributed by atoms with Gasteiger partial charge in [0.15, 0.2) is 0 Å². The van der Waals surface area contributed by atoms with Crippen LogP contribution in [-0.2, 0) is 23.1 Å². The third kappa shape index (κ3) is 3.00. The normalized spacial score (nSPS) is 11.4. The standard InChI is InChI=1S/C14H23N3O3/c1-6-14(7-2,13(19)20)15-12(18)8-11-9(3)16-17(5)10(11)4/h6-8H2,1-5H3,(H,15,18)(H,19,20). The minimum absolute atomic E-state index is 0.153. The Morgan fingerprint density at radius 1 is 1.30 bits per heavy atom. The van der Waals surface area contributed by atoms with Crippen LogP contribution in [0.4, 0.5) is 0 Å². The van der Waals surface area contributed by atoms with Gasteiger partial charge in [0.1, 0.15) is 5.54 Å². The summed E-state index contributed by atoms with van der Waals surface area (Å²) in [6, 6.07) is 0. The van der Waals surface area contributed by atoms with E-state index in [1.165, 1.54) is 0 Å². The number of hydrogen-bond donors (Lipinski definition) is 2. The Bertz CT molecular complexity index is 516. The Morgan fingerprint density at radius 3 is 2.20 bits per heavy atom. The summed E-state index contributed by atoms with van der Waals surface area (Å²) < 4.78 is 1.72. The first kappa shape index (κ1) is 16.2. The molecule has 6 heteroatoms. The molecule has 0 radical (unpaired) electrons. The Morgan fingerprint density at radius 2 is 1.85 bits per heavy atom. The average Bonchev–Trinajstić information content (AvgIpc) is 2.62. The minimum Gasteiger partial charge on any atom is -0.480 e. The molecule has 0 atom stereocenters. The van der Waals surface area contributed by atoms with Gasteiger partial charge >= 0.3 is 5.97 Å². The van der Waals surface area contributed by atoms with Crippen LogP contribution < -0.4 is 5.32 Å². The zero-order chi connectivity index (χ0) is 15.5. The monoisotopic (exact) mass is 281 g/mol. The molecule has 1 amide bonds. The fraction of sp³-hybridized carbons (Fsp3) is 0.643. The molecule has 0 aliphatic heterocycles. The van der Waals surface area contributed by atoms with E-state index in [0.717, 1.165) is 17.0 Å². The van der Waals surface area contributed by atoms with Gasteiger partial charge in [0.25, 0.3) is 0 Å². The van der Waals surface area contributed by atoms with Crippen molar-refractivity contribution < 1.29 is 14.7 Å². The van der Waals surface area contributed by atoms with Gasteiger partial charge in [-0.2, -0.15) is 5.10 Å². The third-order valence-corrected chi connectivity index (χ3v) is 3.99. The molecule has 0 saturated heterocycles. The van der Waals surface area contributed by atoms with Crippen molar-refractivity contribution in [3.8, 4) is 0 Å². The number of nitrogens with zero attached hydrogens (tertiary/aromatic N) is 2. The summed E-state index contributed by atoms with van der Waals surface area (Å²) in [6.07, 6.45) is 0.867.